The van der Waals surface area contributed by atoms with Gasteiger partial charge in [0.1, 0.15) is 6.61 Å². The van der Waals surface area contributed by atoms with Gasteiger partial charge in [0, 0.05) is 6.42 Å². The van der Waals surface area contributed by atoms with Gasteiger partial charge >= 0.3 is 0 Å². The zero-order valence-electron chi connectivity index (χ0n) is 8.71. The van der Waals surface area contributed by atoms with Gasteiger partial charge in [-0.1, -0.05) is 6.42 Å². The van der Waals surface area contributed by atoms with Gasteiger partial charge in [0.2, 0.25) is 0 Å². The SMILES string of the molecule is CC(C)OCC(=O)CCCCCN. The molecule has 0 atom stereocenters. The van der Waals surface area contributed by atoms with Crippen LogP contribution >= 0.6 is 0 Å². The molecule has 0 rings (SSSR count). The molecule has 0 unspecified atom stereocenters. The summed E-state index contributed by atoms with van der Waals surface area (Å²) in [4.78, 5) is 11.2. The van der Waals surface area contributed by atoms with E-state index in [2.05, 4.69) is 0 Å². The first-order chi connectivity index (χ1) is 6.16. The predicted octanol–water partition coefficient (Wildman–Crippen LogP) is 1.50. The summed E-state index contributed by atoms with van der Waals surface area (Å²) in [7, 11) is 0. The Kier molecular flexibility index (Phi) is 7.94. The molecule has 0 heterocycles. The van der Waals surface area contributed by atoms with E-state index >= 15 is 0 Å². The summed E-state index contributed by atoms with van der Waals surface area (Å²) in [6.07, 6.45) is 3.78. The zero-order valence-corrected chi connectivity index (χ0v) is 8.71. The fourth-order valence-corrected chi connectivity index (χ4v) is 0.975. The van der Waals surface area contributed by atoms with Gasteiger partial charge in [-0.2, -0.15) is 0 Å². The van der Waals surface area contributed by atoms with E-state index in [0.717, 1.165) is 25.8 Å². The minimum Gasteiger partial charge on any atom is -0.371 e. The van der Waals surface area contributed by atoms with Gasteiger partial charge in [0.25, 0.3) is 0 Å². The molecule has 13 heavy (non-hydrogen) atoms. The predicted molar refractivity (Wildman–Crippen MR) is 53.6 cm³/mol. The van der Waals surface area contributed by atoms with Gasteiger partial charge in [-0.25, -0.2) is 0 Å². The number of carbonyl (C=O) groups excluding carboxylic acids is 1. The van der Waals surface area contributed by atoms with E-state index in [-0.39, 0.29) is 18.5 Å². The van der Waals surface area contributed by atoms with Crippen LogP contribution in [-0.2, 0) is 9.53 Å². The highest BCUT2D eigenvalue weighted by Gasteiger charge is 2.02. The van der Waals surface area contributed by atoms with Crippen LogP contribution in [0, 0.1) is 0 Å². The van der Waals surface area contributed by atoms with Crippen molar-refractivity contribution in [3.8, 4) is 0 Å². The van der Waals surface area contributed by atoms with Crippen molar-refractivity contribution in [2.24, 2.45) is 5.73 Å². The molecule has 0 aromatic heterocycles. The molecule has 0 amide bonds. The molecule has 3 heteroatoms. The van der Waals surface area contributed by atoms with E-state index in [4.69, 9.17) is 10.5 Å². The molecule has 0 bridgehead atoms. The van der Waals surface area contributed by atoms with Gasteiger partial charge < -0.3 is 10.5 Å². The number of ketones is 1. The Morgan fingerprint density at radius 3 is 2.54 bits per heavy atom. The smallest absolute Gasteiger partial charge is 0.158 e. The molecule has 0 fully saturated rings. The second kappa shape index (κ2) is 8.20. The van der Waals surface area contributed by atoms with E-state index in [0.29, 0.717) is 6.42 Å². The van der Waals surface area contributed by atoms with Crippen molar-refractivity contribution < 1.29 is 9.53 Å². The first-order valence-electron chi connectivity index (χ1n) is 5.00. The number of nitrogens with two attached hydrogens (primary N) is 1. The van der Waals surface area contributed by atoms with E-state index in [1.807, 2.05) is 13.8 Å². The van der Waals surface area contributed by atoms with Crippen LogP contribution in [0.2, 0.25) is 0 Å². The van der Waals surface area contributed by atoms with Gasteiger partial charge in [0.15, 0.2) is 5.78 Å². The highest BCUT2D eigenvalue weighted by molar-refractivity contribution is 5.79. The average Bonchev–Trinajstić information content (AvgIpc) is 2.09. The Bertz CT molecular complexity index is 135. The summed E-state index contributed by atoms with van der Waals surface area (Å²) in [6.45, 7) is 4.85. The van der Waals surface area contributed by atoms with Crippen molar-refractivity contribution >= 4 is 5.78 Å². The van der Waals surface area contributed by atoms with Crippen LogP contribution in [-0.4, -0.2) is 25.0 Å². The molecule has 0 aromatic carbocycles. The normalized spacial score (nSPS) is 10.8. The average molecular weight is 187 g/mol. The maximum absolute atomic E-state index is 11.2. The molecular formula is C10H21NO2. The molecule has 0 saturated carbocycles. The summed E-state index contributed by atoms with van der Waals surface area (Å²) >= 11 is 0. The molecule has 78 valence electrons. The molecule has 3 nitrogen and oxygen atoms in total. The zero-order chi connectivity index (χ0) is 10.1. The number of hydrogen-bond donors (Lipinski definition) is 1. The van der Waals surface area contributed by atoms with E-state index in [1.54, 1.807) is 0 Å². The third-order valence-corrected chi connectivity index (χ3v) is 1.74. The number of Topliss-reactive ketones (excluding diaryl/α,β-unsaturated/α-hetero) is 1. The molecule has 0 aliphatic heterocycles. The van der Waals surface area contributed by atoms with Crippen LogP contribution in [0.15, 0.2) is 0 Å². The van der Waals surface area contributed by atoms with Crippen molar-refractivity contribution in [2.75, 3.05) is 13.2 Å². The highest BCUT2D eigenvalue weighted by Crippen LogP contribution is 2.00. The summed E-state index contributed by atoms with van der Waals surface area (Å²) < 4.78 is 5.19. The Hall–Kier alpha value is -0.410. The van der Waals surface area contributed by atoms with Gasteiger partial charge in [-0.15, -0.1) is 0 Å². The van der Waals surface area contributed by atoms with Crippen molar-refractivity contribution in [3.05, 3.63) is 0 Å². The van der Waals surface area contributed by atoms with Crippen LogP contribution in [0.25, 0.3) is 0 Å². The quantitative estimate of drug-likeness (QED) is 0.586. The first kappa shape index (κ1) is 12.6. The number of hydrogen-bond acceptors (Lipinski definition) is 3. The molecule has 0 aliphatic carbocycles. The maximum Gasteiger partial charge on any atom is 0.158 e. The molecule has 0 saturated heterocycles. The third-order valence-electron chi connectivity index (χ3n) is 1.74. The van der Waals surface area contributed by atoms with E-state index < -0.39 is 0 Å². The molecule has 0 aromatic rings. The number of rotatable bonds is 8. The minimum absolute atomic E-state index is 0.146. The fourth-order valence-electron chi connectivity index (χ4n) is 0.975. The van der Waals surface area contributed by atoms with Crippen LogP contribution in [0.3, 0.4) is 0 Å². The molecule has 2 N–H and O–H groups in total. The summed E-state index contributed by atoms with van der Waals surface area (Å²) in [5, 5.41) is 0. The van der Waals surface area contributed by atoms with Crippen LogP contribution in [0.5, 0.6) is 0 Å². The summed E-state index contributed by atoms with van der Waals surface area (Å²) in [5.74, 6) is 0.200. The molecule has 0 spiro atoms. The lowest BCUT2D eigenvalue weighted by Crippen LogP contribution is -2.13. The Morgan fingerprint density at radius 2 is 2.00 bits per heavy atom. The Balaban J connectivity index is 3.20. The Morgan fingerprint density at radius 1 is 1.31 bits per heavy atom. The van der Waals surface area contributed by atoms with Crippen LogP contribution in [0.4, 0.5) is 0 Å². The van der Waals surface area contributed by atoms with Crippen LogP contribution in [0.1, 0.15) is 39.5 Å². The number of carbonyl (C=O) groups is 1. The highest BCUT2D eigenvalue weighted by atomic mass is 16.5. The lowest BCUT2D eigenvalue weighted by atomic mass is 10.1. The largest absolute Gasteiger partial charge is 0.371 e. The van der Waals surface area contributed by atoms with Crippen molar-refractivity contribution in [3.63, 3.8) is 0 Å². The molecule has 0 aliphatic rings. The second-order valence-electron chi connectivity index (χ2n) is 3.50. The van der Waals surface area contributed by atoms with Crippen LogP contribution < -0.4 is 5.73 Å². The second-order valence-corrected chi connectivity index (χ2v) is 3.50. The Labute approximate surface area is 80.6 Å². The lowest BCUT2D eigenvalue weighted by molar-refractivity contribution is -0.125. The number of unbranched alkanes of at least 4 members (excludes halogenated alkanes) is 2. The molecular weight excluding hydrogens is 166 g/mol. The van der Waals surface area contributed by atoms with E-state index in [9.17, 15) is 4.79 Å². The lowest BCUT2D eigenvalue weighted by Gasteiger charge is -2.05. The fraction of sp³-hybridized carbons (Fsp3) is 0.900. The van der Waals surface area contributed by atoms with Gasteiger partial charge in [0.05, 0.1) is 6.10 Å². The van der Waals surface area contributed by atoms with Gasteiger partial charge in [-0.05, 0) is 33.2 Å². The monoisotopic (exact) mass is 187 g/mol. The van der Waals surface area contributed by atoms with Crippen molar-refractivity contribution in [1.82, 2.24) is 0 Å². The van der Waals surface area contributed by atoms with Crippen molar-refractivity contribution in [2.45, 2.75) is 45.6 Å². The van der Waals surface area contributed by atoms with Crippen molar-refractivity contribution in [1.29, 1.82) is 0 Å². The maximum atomic E-state index is 11.2. The summed E-state index contributed by atoms with van der Waals surface area (Å²) in [5.41, 5.74) is 5.33. The molecule has 0 radical (unpaired) electrons. The third kappa shape index (κ3) is 9.50. The van der Waals surface area contributed by atoms with E-state index in [1.165, 1.54) is 0 Å². The standard InChI is InChI=1S/C10H21NO2/c1-9(2)13-8-10(12)6-4-3-5-7-11/h9H,3-8,11H2,1-2H3. The topological polar surface area (TPSA) is 52.3 Å². The minimum atomic E-state index is 0.146. The van der Waals surface area contributed by atoms with Gasteiger partial charge in [-0.3, -0.25) is 4.79 Å². The summed E-state index contributed by atoms with van der Waals surface area (Å²) in [6, 6.07) is 0. The number of ether oxygens (including phenoxy) is 1. The first-order valence-corrected chi connectivity index (χ1v) is 5.00.